The van der Waals surface area contributed by atoms with E-state index >= 15 is 0 Å². The number of anilines is 11. The van der Waals surface area contributed by atoms with Crippen molar-refractivity contribution in [2.24, 2.45) is 0 Å². The molecular weight excluding hydrogens is 1390 g/mol. The molecule has 10 aliphatic rings. The second kappa shape index (κ2) is 31.1. The molecule has 6 fully saturated rings. The van der Waals surface area contributed by atoms with E-state index in [2.05, 4.69) is 136 Å². The van der Waals surface area contributed by atoms with Gasteiger partial charge in [0, 0.05) is 143 Å². The maximum atomic E-state index is 13.3. The smallest absolute Gasteiger partial charge is 0.329 e. The van der Waals surface area contributed by atoms with Gasteiger partial charge in [-0.05, 0) is 186 Å². The number of pyridine rings is 6. The zero-order valence-corrected chi connectivity index (χ0v) is 63.4. The molecule has 10 aliphatic heterocycles. The van der Waals surface area contributed by atoms with Gasteiger partial charge in [0.05, 0.1) is 88.6 Å². The van der Waals surface area contributed by atoms with Gasteiger partial charge in [-0.1, -0.05) is 0 Å². The fourth-order valence-electron chi connectivity index (χ4n) is 16.4. The number of piperidine rings is 1. The van der Waals surface area contributed by atoms with Gasteiger partial charge in [0.1, 0.15) is 11.5 Å². The highest BCUT2D eigenvalue weighted by Gasteiger charge is 2.45. The normalized spacial score (nSPS) is 21.1. The van der Waals surface area contributed by atoms with Crippen molar-refractivity contribution in [2.75, 3.05) is 140 Å². The minimum Gasteiger partial charge on any atom is -0.372 e. The molecule has 6 saturated heterocycles. The van der Waals surface area contributed by atoms with Gasteiger partial charge < -0.3 is 44.8 Å². The van der Waals surface area contributed by atoms with Gasteiger partial charge in [0.25, 0.3) is 0 Å². The first-order chi connectivity index (χ1) is 53.4. The first-order valence-electron chi connectivity index (χ1n) is 38.3. The second-order valence-electron chi connectivity index (χ2n) is 30.3. The van der Waals surface area contributed by atoms with E-state index in [-0.39, 0.29) is 72.6 Å². The topological polar surface area (TPSA) is 316 Å². The lowest BCUT2D eigenvalue weighted by Crippen LogP contribution is -2.54. The number of rotatable bonds is 8. The van der Waals surface area contributed by atoms with Crippen LogP contribution in [-0.4, -0.2) is 223 Å². The van der Waals surface area contributed by atoms with Crippen molar-refractivity contribution >= 4 is 87.6 Å². The number of hydrogen-bond donors (Lipinski definition) is 5. The Hall–Kier alpha value is -11.7. The molecule has 0 aromatic carbocycles. The Morgan fingerprint density at radius 3 is 1.32 bits per heavy atom. The van der Waals surface area contributed by atoms with Crippen LogP contribution in [0.3, 0.4) is 0 Å². The van der Waals surface area contributed by atoms with Crippen LogP contribution in [-0.2, 0) is 4.74 Å². The van der Waals surface area contributed by atoms with E-state index in [1.54, 1.807) is 40.8 Å². The lowest BCUT2D eigenvalue weighted by molar-refractivity contribution is -0.00546. The number of H-pyrrole nitrogens is 1. The molecule has 0 saturated carbocycles. The Morgan fingerprint density at radius 1 is 0.455 bits per heavy atom. The summed E-state index contributed by atoms with van der Waals surface area (Å²) in [6.07, 6.45) is 19.1. The number of carbonyl (C=O) groups excluding carboxylic acids is 4. The van der Waals surface area contributed by atoms with E-state index in [9.17, 15) is 19.2 Å². The zero-order valence-electron chi connectivity index (χ0n) is 63.4. The minimum absolute atomic E-state index is 0.000894. The van der Waals surface area contributed by atoms with Crippen LogP contribution < -0.4 is 65.4 Å². The number of fused-ring (bicyclic) bond motifs is 16. The highest BCUT2D eigenvalue weighted by atomic mass is 16.5. The minimum atomic E-state index is -0.244. The molecule has 110 heavy (non-hydrogen) atoms. The maximum absolute atomic E-state index is 13.3. The number of nitrogens with zero attached hydrogens (tertiary/aromatic N) is 21. The zero-order chi connectivity index (χ0) is 75.8. The summed E-state index contributed by atoms with van der Waals surface area (Å²) in [6.45, 7) is 24.8. The van der Waals surface area contributed by atoms with Gasteiger partial charge in [0.15, 0.2) is 34.9 Å². The molecule has 0 spiro atoms. The van der Waals surface area contributed by atoms with Gasteiger partial charge in [-0.3, -0.25) is 55.3 Å². The Balaban J connectivity index is 0.000000112. The summed E-state index contributed by atoms with van der Waals surface area (Å²) in [4.78, 5) is 118. The third kappa shape index (κ3) is 15.3. The van der Waals surface area contributed by atoms with E-state index in [0.717, 1.165) is 208 Å². The third-order valence-electron chi connectivity index (χ3n) is 21.8. The van der Waals surface area contributed by atoms with Crippen LogP contribution in [0.2, 0.25) is 0 Å². The quantitative estimate of drug-likeness (QED) is 0.0944. The lowest BCUT2D eigenvalue weighted by atomic mass is 10.1. The number of ether oxygens (including phenoxy) is 1. The molecule has 0 radical (unpaired) electrons. The molecule has 570 valence electrons. The van der Waals surface area contributed by atoms with Crippen LogP contribution >= 0.6 is 0 Å². The molecular formula is C79H94N26O5. The van der Waals surface area contributed by atoms with Crippen LogP contribution in [0.25, 0.3) is 33.9 Å². The summed E-state index contributed by atoms with van der Waals surface area (Å²) in [6, 6.07) is 26.7. The highest BCUT2D eigenvalue weighted by molar-refractivity contribution is 6.06. The maximum Gasteiger partial charge on any atom is 0.329 e. The van der Waals surface area contributed by atoms with Crippen molar-refractivity contribution in [3.05, 3.63) is 146 Å². The van der Waals surface area contributed by atoms with Gasteiger partial charge >= 0.3 is 24.1 Å². The van der Waals surface area contributed by atoms with Crippen molar-refractivity contribution in [3.63, 3.8) is 0 Å². The van der Waals surface area contributed by atoms with Gasteiger partial charge in [-0.2, -0.15) is 5.10 Å². The standard InChI is InChI=1S/C22H28N6O.C20H25N7O2.C19H23N5O.C18H18N8O/c1-15-3-4-16(13-23-15)19-5-6-20-21(25-19)28(18-9-12-27(20)14-18)22(29)24-17-7-10-26(2)11-8-17;1-13-10-26(11-14(2)29-13)18-4-3-16-19(24-18)27(15-5-8-25(16)12-15)20(28)23-17-9-21-6-7-22-17;1-12(2)21-19(25)24-15-8-9-23(11-15)17-7-6-16(22-18(17)24)14-5-4-13(3)20-10-14;1-11-8-14(24-23-11)13-2-3-15-17(21-13)26(12-4-7-25(15)10-12)18(27)22-16-9-19-5-6-20-16/h3-6,13,17-18H,7-12,14H2,1-2H3,(H,24,29);3-4,6-7,9,13-15H,5,8,10-12H2,1-2H3,(H,22,23,28);4-7,10,12,15H,8-9,11H2,1-3H3,(H,21,25);2-3,5-6,8-9,12H,4,7,10H2,1H3,(H,23,24)(H,20,22,27)/t18-;13-,14-,15+;15-;12-/m0100/s1. The number of hydrogen-bond acceptors (Lipinski definition) is 22. The Labute approximate surface area is 639 Å². The van der Waals surface area contributed by atoms with Crippen molar-refractivity contribution in [1.29, 1.82) is 0 Å². The fourth-order valence-corrected chi connectivity index (χ4v) is 16.4. The summed E-state index contributed by atoms with van der Waals surface area (Å²) in [5.41, 5.74) is 12.1. The molecule has 31 heteroatoms. The number of aromatic amines is 1. The second-order valence-corrected chi connectivity index (χ2v) is 30.3. The Kier molecular flexibility index (Phi) is 20.5. The summed E-state index contributed by atoms with van der Waals surface area (Å²) in [7, 11) is 2.14. The van der Waals surface area contributed by atoms with Gasteiger partial charge in [-0.15, -0.1) is 0 Å². The molecule has 31 nitrogen and oxygen atoms in total. The predicted molar refractivity (Wildman–Crippen MR) is 425 cm³/mol. The van der Waals surface area contributed by atoms with E-state index in [1.807, 2.05) is 111 Å². The summed E-state index contributed by atoms with van der Waals surface area (Å²) < 4.78 is 5.86. The predicted octanol–water partition coefficient (Wildman–Crippen LogP) is 9.94. The first kappa shape index (κ1) is 72.5. The number of nitrogens with one attached hydrogen (secondary N) is 5. The average Bonchev–Trinajstić information content (AvgIpc) is 1.56. The van der Waals surface area contributed by atoms with Gasteiger partial charge in [0.2, 0.25) is 0 Å². The Bertz CT molecular complexity index is 4810. The number of urea groups is 4. The highest BCUT2D eigenvalue weighted by Crippen LogP contribution is 2.45. The molecule has 8 bridgehead atoms. The Morgan fingerprint density at radius 2 is 0.891 bits per heavy atom. The molecule has 19 rings (SSSR count). The molecule has 9 aromatic rings. The number of morpholine rings is 1. The molecule has 5 N–H and O–H groups in total. The van der Waals surface area contributed by atoms with Crippen LogP contribution in [0, 0.1) is 20.8 Å². The van der Waals surface area contributed by atoms with E-state index in [4.69, 9.17) is 24.7 Å². The van der Waals surface area contributed by atoms with Crippen molar-refractivity contribution < 1.29 is 23.9 Å². The molecule has 0 aliphatic carbocycles. The van der Waals surface area contributed by atoms with E-state index in [1.165, 1.54) is 6.20 Å². The van der Waals surface area contributed by atoms with Crippen molar-refractivity contribution in [3.8, 4) is 33.9 Å². The summed E-state index contributed by atoms with van der Waals surface area (Å²) in [5.74, 6) is 4.64. The molecule has 19 heterocycles. The van der Waals surface area contributed by atoms with E-state index in [0.29, 0.717) is 23.3 Å². The van der Waals surface area contributed by atoms with Crippen molar-refractivity contribution in [1.82, 2.24) is 75.6 Å². The van der Waals surface area contributed by atoms with Crippen LogP contribution in [0.5, 0.6) is 0 Å². The molecule has 6 atom stereocenters. The SMILES string of the molecule is C[C@@H]1CN(c2ccc3c(n2)N(C(=O)Nc2cnccn2)[C@H]2CCN3C2)C[C@@H](C)O1.Cc1cc(-c2ccc3c(n2)N(C(=O)Nc2cnccn2)[C@H]2CCN3C2)n[nH]1.Cc1ccc(-c2ccc3c(n2)N(C(=O)NC(C)C)[C@H]2CCN3C2)cn1.Cc1ccc(-c2ccc3c(n2)N(C(=O)NC2CCN(C)CC2)[C@H]2CCN3C2)cn1. The molecule has 0 unspecified atom stereocenters. The first-order valence-corrected chi connectivity index (χ1v) is 38.3. The average molecular weight is 1490 g/mol. The van der Waals surface area contributed by atoms with Gasteiger partial charge in [-0.25, -0.2) is 49.1 Å². The lowest BCUT2D eigenvalue weighted by Gasteiger charge is -2.39. The largest absolute Gasteiger partial charge is 0.372 e. The monoisotopic (exact) mass is 1490 g/mol. The number of aromatic nitrogens is 12. The van der Waals surface area contributed by atoms with Crippen LogP contribution in [0.15, 0.2) is 128 Å². The van der Waals surface area contributed by atoms with Crippen molar-refractivity contribution in [2.45, 2.75) is 135 Å². The van der Waals surface area contributed by atoms with Crippen LogP contribution in [0.4, 0.5) is 82.7 Å². The third-order valence-corrected chi connectivity index (χ3v) is 21.8. The van der Waals surface area contributed by atoms with Crippen LogP contribution in [0.1, 0.15) is 83.3 Å². The molecule has 9 aromatic heterocycles. The molecule has 8 amide bonds. The number of amides is 8. The number of carbonyl (C=O) groups is 4. The fraction of sp³-hybridized carbons (Fsp3) is 0.430. The number of likely N-dealkylation sites (tertiary alicyclic amines) is 1. The number of aryl methyl sites for hydroxylation is 3. The summed E-state index contributed by atoms with van der Waals surface area (Å²) >= 11 is 0. The van der Waals surface area contributed by atoms with E-state index < -0.39 is 0 Å². The summed E-state index contributed by atoms with van der Waals surface area (Å²) in [5, 5.41) is 19.2.